The molecule has 0 amide bonds. The Hall–Kier alpha value is -2.63. The molecular weight excluding hydrogens is 398 g/mol. The molecule has 0 radical (unpaired) electrons. The topological polar surface area (TPSA) is 137 Å². The molecular formula is C18H25N5O5S. The third-order valence-corrected chi connectivity index (χ3v) is 6.43. The van der Waals surface area contributed by atoms with Gasteiger partial charge < -0.3 is 15.1 Å². The third-order valence-electron chi connectivity index (χ3n) is 4.47. The van der Waals surface area contributed by atoms with Crippen molar-refractivity contribution in [2.45, 2.75) is 13.0 Å². The maximum absolute atomic E-state index is 12.1. The Morgan fingerprint density at radius 2 is 2.00 bits per heavy atom. The number of aliphatic hydroxyl groups excluding tert-OH is 1. The second-order valence-electron chi connectivity index (χ2n) is 6.83. The van der Waals surface area contributed by atoms with Gasteiger partial charge in [-0.05, 0) is 19.1 Å². The van der Waals surface area contributed by atoms with E-state index < -0.39 is 16.1 Å². The summed E-state index contributed by atoms with van der Waals surface area (Å²) in [5.41, 5.74) is 1.61. The SMILES string of the molecule is Cc1cc(N2C[C@@H](CS(=O)(=O)N(C)C)[C@H](O)C2)nc(-c2cccnc2)n1.O=CO. The number of aromatic nitrogens is 3. The molecule has 158 valence electrons. The van der Waals surface area contributed by atoms with Gasteiger partial charge >= 0.3 is 0 Å². The van der Waals surface area contributed by atoms with E-state index in [2.05, 4.69) is 15.0 Å². The molecule has 2 aromatic rings. The van der Waals surface area contributed by atoms with E-state index in [4.69, 9.17) is 9.90 Å². The highest BCUT2D eigenvalue weighted by Gasteiger charge is 2.36. The number of carbonyl (C=O) groups is 1. The smallest absolute Gasteiger partial charge is 0.290 e. The van der Waals surface area contributed by atoms with Gasteiger partial charge in [0.1, 0.15) is 5.82 Å². The first-order valence-corrected chi connectivity index (χ1v) is 10.5. The lowest BCUT2D eigenvalue weighted by Gasteiger charge is -2.19. The van der Waals surface area contributed by atoms with Gasteiger partial charge in [0, 0.05) is 62.8 Å². The molecule has 1 saturated heterocycles. The molecule has 0 bridgehead atoms. The molecule has 3 heterocycles. The highest BCUT2D eigenvalue weighted by Crippen LogP contribution is 2.26. The quantitative estimate of drug-likeness (QED) is 0.648. The number of aryl methyl sites for hydroxylation is 1. The zero-order chi connectivity index (χ0) is 21.6. The summed E-state index contributed by atoms with van der Waals surface area (Å²) < 4.78 is 25.5. The molecule has 2 N–H and O–H groups in total. The number of hydrogen-bond donors (Lipinski definition) is 2. The van der Waals surface area contributed by atoms with Crippen molar-refractivity contribution in [3.8, 4) is 11.4 Å². The van der Waals surface area contributed by atoms with Crippen LogP contribution in [0.15, 0.2) is 30.6 Å². The van der Waals surface area contributed by atoms with Crippen LogP contribution >= 0.6 is 0 Å². The Balaban J connectivity index is 0.000000941. The average molecular weight is 423 g/mol. The van der Waals surface area contributed by atoms with E-state index in [0.717, 1.165) is 11.3 Å². The summed E-state index contributed by atoms with van der Waals surface area (Å²) in [6.45, 7) is 2.40. The van der Waals surface area contributed by atoms with E-state index in [0.29, 0.717) is 24.7 Å². The lowest BCUT2D eigenvalue weighted by atomic mass is 10.1. The molecule has 0 aliphatic carbocycles. The fourth-order valence-corrected chi connectivity index (χ4v) is 4.13. The third kappa shape index (κ3) is 5.92. The molecule has 1 fully saturated rings. The maximum Gasteiger partial charge on any atom is 0.290 e. The van der Waals surface area contributed by atoms with Gasteiger partial charge in [0.25, 0.3) is 6.47 Å². The molecule has 1 aliphatic rings. The Labute approximate surface area is 169 Å². The van der Waals surface area contributed by atoms with Crippen LogP contribution in [-0.4, -0.2) is 83.4 Å². The van der Waals surface area contributed by atoms with E-state index in [1.807, 2.05) is 30.0 Å². The molecule has 11 heteroatoms. The Bertz CT molecular complexity index is 923. The van der Waals surface area contributed by atoms with Crippen molar-refractivity contribution in [3.63, 3.8) is 0 Å². The second kappa shape index (κ2) is 9.72. The number of pyridine rings is 1. The van der Waals surface area contributed by atoms with Gasteiger partial charge in [-0.2, -0.15) is 0 Å². The van der Waals surface area contributed by atoms with Gasteiger partial charge in [-0.3, -0.25) is 9.78 Å². The standard InChI is InChI=1S/C17H23N5O3S.CH2O2/c1-12-7-16(20-17(19-12)13-5-4-6-18-8-13)22-9-14(15(23)10-22)11-26(24,25)21(2)3;2-1-3/h4-8,14-15,23H,9-11H2,1-3H3;1H,(H,2,3)/t14-,15+;/m0./s1. The molecule has 2 aromatic heterocycles. The van der Waals surface area contributed by atoms with Crippen molar-refractivity contribution in [2.24, 2.45) is 5.92 Å². The highest BCUT2D eigenvalue weighted by atomic mass is 32.2. The molecule has 0 spiro atoms. The van der Waals surface area contributed by atoms with E-state index in [9.17, 15) is 13.5 Å². The molecule has 3 rings (SSSR count). The second-order valence-corrected chi connectivity index (χ2v) is 9.06. The minimum Gasteiger partial charge on any atom is -0.483 e. The minimum atomic E-state index is -3.37. The molecule has 0 aromatic carbocycles. The van der Waals surface area contributed by atoms with E-state index in [1.54, 1.807) is 12.4 Å². The van der Waals surface area contributed by atoms with Crippen molar-refractivity contribution in [2.75, 3.05) is 37.8 Å². The summed E-state index contributed by atoms with van der Waals surface area (Å²) in [5, 5.41) is 17.2. The van der Waals surface area contributed by atoms with Crippen LogP contribution in [0.3, 0.4) is 0 Å². The first kappa shape index (κ1) is 22.7. The Kier molecular flexibility index (Phi) is 7.59. The zero-order valence-corrected chi connectivity index (χ0v) is 17.3. The van der Waals surface area contributed by atoms with Gasteiger partial charge in [0.15, 0.2) is 5.82 Å². The first-order chi connectivity index (χ1) is 13.7. The Morgan fingerprint density at radius 3 is 2.59 bits per heavy atom. The van der Waals surface area contributed by atoms with Gasteiger partial charge in [0.2, 0.25) is 10.0 Å². The van der Waals surface area contributed by atoms with E-state index >= 15 is 0 Å². The van der Waals surface area contributed by atoms with Crippen molar-refractivity contribution < 1.29 is 23.4 Å². The van der Waals surface area contributed by atoms with E-state index in [-0.39, 0.29) is 18.1 Å². The lowest BCUT2D eigenvalue weighted by molar-refractivity contribution is -0.122. The van der Waals surface area contributed by atoms with Crippen LogP contribution < -0.4 is 4.90 Å². The van der Waals surface area contributed by atoms with Crippen LogP contribution in [0.1, 0.15) is 5.69 Å². The Morgan fingerprint density at radius 1 is 1.31 bits per heavy atom. The van der Waals surface area contributed by atoms with Gasteiger partial charge in [-0.25, -0.2) is 22.7 Å². The van der Waals surface area contributed by atoms with Crippen LogP contribution in [0.25, 0.3) is 11.4 Å². The van der Waals surface area contributed by atoms with Gasteiger partial charge in [0.05, 0.1) is 11.9 Å². The van der Waals surface area contributed by atoms with Gasteiger partial charge in [-0.15, -0.1) is 0 Å². The largest absolute Gasteiger partial charge is 0.483 e. The number of hydrogen-bond acceptors (Lipinski definition) is 8. The van der Waals surface area contributed by atoms with Crippen molar-refractivity contribution in [1.82, 2.24) is 19.3 Å². The number of sulfonamides is 1. The predicted molar refractivity (Wildman–Crippen MR) is 108 cm³/mol. The minimum absolute atomic E-state index is 0.0861. The van der Waals surface area contributed by atoms with Crippen molar-refractivity contribution in [3.05, 3.63) is 36.3 Å². The maximum atomic E-state index is 12.1. The molecule has 1 aliphatic heterocycles. The molecule has 2 atom stereocenters. The van der Waals surface area contributed by atoms with Crippen LogP contribution in [0.2, 0.25) is 0 Å². The summed E-state index contributed by atoms with van der Waals surface area (Å²) in [7, 11) is -0.369. The number of aliphatic hydroxyl groups is 1. The average Bonchev–Trinajstić information content (AvgIpc) is 3.02. The fourth-order valence-electron chi connectivity index (χ4n) is 2.96. The summed E-state index contributed by atoms with van der Waals surface area (Å²) >= 11 is 0. The number of rotatable bonds is 5. The molecule has 29 heavy (non-hydrogen) atoms. The summed E-state index contributed by atoms with van der Waals surface area (Å²) in [6.07, 6.45) is 2.67. The van der Waals surface area contributed by atoms with Crippen LogP contribution in [0.5, 0.6) is 0 Å². The number of anilines is 1. The highest BCUT2D eigenvalue weighted by molar-refractivity contribution is 7.89. The number of carboxylic acid groups (broad SMARTS) is 1. The summed E-state index contributed by atoms with van der Waals surface area (Å²) in [6, 6.07) is 5.55. The van der Waals surface area contributed by atoms with Crippen molar-refractivity contribution >= 4 is 22.3 Å². The lowest BCUT2D eigenvalue weighted by Crippen LogP contribution is -2.33. The summed E-state index contributed by atoms with van der Waals surface area (Å²) in [4.78, 5) is 23.4. The molecule has 0 saturated carbocycles. The molecule has 0 unspecified atom stereocenters. The van der Waals surface area contributed by atoms with Gasteiger partial charge in [-0.1, -0.05) is 0 Å². The number of β-amino-alcohol motifs (C(OH)–C–C–N with tert-alkyl or cyclic N) is 1. The van der Waals surface area contributed by atoms with Crippen LogP contribution in [0, 0.1) is 12.8 Å². The van der Waals surface area contributed by atoms with Crippen molar-refractivity contribution in [1.29, 1.82) is 0 Å². The monoisotopic (exact) mass is 423 g/mol. The normalized spacial score (nSPS) is 19.0. The van der Waals surface area contributed by atoms with Crippen LogP contribution in [0.4, 0.5) is 5.82 Å². The summed E-state index contributed by atoms with van der Waals surface area (Å²) in [5.74, 6) is 0.795. The zero-order valence-electron chi connectivity index (χ0n) is 16.5. The predicted octanol–water partition coefficient (Wildman–Crippen LogP) is 0.236. The number of nitrogens with zero attached hydrogens (tertiary/aromatic N) is 5. The fraction of sp³-hybridized carbons (Fsp3) is 0.444. The van der Waals surface area contributed by atoms with Crippen LogP contribution in [-0.2, 0) is 14.8 Å². The first-order valence-electron chi connectivity index (χ1n) is 8.85. The molecule has 10 nitrogen and oxygen atoms in total. The van der Waals surface area contributed by atoms with E-state index in [1.165, 1.54) is 18.4 Å².